The number of aliphatic hydroxyl groups is 1. The lowest BCUT2D eigenvalue weighted by molar-refractivity contribution is -0.194. The van der Waals surface area contributed by atoms with Gasteiger partial charge in [0.2, 0.25) is 12.5 Å². The first-order valence-corrected chi connectivity index (χ1v) is 11.9. The zero-order chi connectivity index (χ0) is 27.7. The van der Waals surface area contributed by atoms with Crippen molar-refractivity contribution in [2.24, 2.45) is 0 Å². The number of ether oxygens (including phenoxy) is 7. The molecule has 1 fully saturated rings. The molecule has 0 bridgehead atoms. The highest BCUT2D eigenvalue weighted by Gasteiger charge is 2.58. The molecular formula is C26H34O11. The Balaban J connectivity index is 1.89. The highest BCUT2D eigenvalue weighted by molar-refractivity contribution is 5.88. The molecule has 37 heavy (non-hydrogen) atoms. The van der Waals surface area contributed by atoms with Crippen LogP contribution < -0.4 is 14.2 Å². The number of carbonyl (C=O) groups excluding carboxylic acids is 3. The van der Waals surface area contributed by atoms with Crippen LogP contribution in [0.4, 0.5) is 0 Å². The van der Waals surface area contributed by atoms with E-state index in [-0.39, 0.29) is 12.9 Å². The maximum atomic E-state index is 13.2. The topological polar surface area (TPSA) is 139 Å². The molecule has 2 heterocycles. The van der Waals surface area contributed by atoms with Gasteiger partial charge in [0.1, 0.15) is 12.2 Å². The number of epoxide rings is 1. The van der Waals surface area contributed by atoms with E-state index in [1.54, 1.807) is 45.9 Å². The molecule has 11 heteroatoms. The van der Waals surface area contributed by atoms with Gasteiger partial charge in [-0.3, -0.25) is 0 Å². The lowest BCUT2D eigenvalue weighted by atomic mass is 9.99. The van der Waals surface area contributed by atoms with Gasteiger partial charge < -0.3 is 38.3 Å². The van der Waals surface area contributed by atoms with Gasteiger partial charge in [-0.2, -0.15) is 0 Å². The molecule has 2 aliphatic heterocycles. The third-order valence-corrected chi connectivity index (χ3v) is 6.75. The van der Waals surface area contributed by atoms with Crippen molar-refractivity contribution in [3.63, 3.8) is 0 Å². The zero-order valence-electron chi connectivity index (χ0n) is 22.3. The number of benzene rings is 1. The molecule has 0 saturated carbocycles. The van der Waals surface area contributed by atoms with Crippen molar-refractivity contribution in [2.45, 2.75) is 84.1 Å². The van der Waals surface area contributed by atoms with Gasteiger partial charge in [-0.1, -0.05) is 6.08 Å². The van der Waals surface area contributed by atoms with Gasteiger partial charge in [-0.15, -0.1) is 0 Å². The summed E-state index contributed by atoms with van der Waals surface area (Å²) in [5.74, 6) is -1.38. The Kier molecular flexibility index (Phi) is 8.09. The first-order valence-electron chi connectivity index (χ1n) is 11.9. The maximum Gasteiger partial charge on any atom is 0.342 e. The number of allylic oxidation sites excluding steroid dienone is 1. The fraction of sp³-hybridized carbons (Fsp3) is 0.577. The predicted octanol–water partition coefficient (Wildman–Crippen LogP) is 2.77. The number of esters is 3. The molecule has 0 spiro atoms. The van der Waals surface area contributed by atoms with Gasteiger partial charge in [-0.25, -0.2) is 14.4 Å². The molecule has 2 aliphatic rings. The lowest BCUT2D eigenvalue weighted by Gasteiger charge is -2.32. The van der Waals surface area contributed by atoms with E-state index >= 15 is 0 Å². The Labute approximate surface area is 215 Å². The quantitative estimate of drug-likeness (QED) is 0.210. The van der Waals surface area contributed by atoms with Gasteiger partial charge in [0.15, 0.2) is 28.8 Å². The van der Waals surface area contributed by atoms with Gasteiger partial charge >= 0.3 is 17.9 Å². The van der Waals surface area contributed by atoms with E-state index in [4.69, 9.17) is 33.2 Å². The van der Waals surface area contributed by atoms with E-state index in [0.717, 1.165) is 0 Å². The van der Waals surface area contributed by atoms with Crippen molar-refractivity contribution in [2.75, 3.05) is 13.9 Å². The van der Waals surface area contributed by atoms with E-state index in [0.29, 0.717) is 28.4 Å². The predicted molar refractivity (Wildman–Crippen MR) is 128 cm³/mol. The van der Waals surface area contributed by atoms with Crippen LogP contribution in [-0.4, -0.2) is 66.4 Å². The highest BCUT2D eigenvalue weighted by Crippen LogP contribution is 2.45. The van der Waals surface area contributed by atoms with Crippen LogP contribution >= 0.6 is 0 Å². The first-order chi connectivity index (χ1) is 17.3. The van der Waals surface area contributed by atoms with Gasteiger partial charge in [0.25, 0.3) is 0 Å². The fourth-order valence-corrected chi connectivity index (χ4v) is 3.53. The van der Waals surface area contributed by atoms with E-state index < -0.39 is 47.4 Å². The molecule has 0 aromatic heterocycles. The smallest absolute Gasteiger partial charge is 0.342 e. The molecule has 1 N–H and O–H groups in total. The summed E-state index contributed by atoms with van der Waals surface area (Å²) in [5, 5.41) is 11.0. The van der Waals surface area contributed by atoms with E-state index in [9.17, 15) is 19.5 Å². The van der Waals surface area contributed by atoms with Crippen molar-refractivity contribution in [3.8, 4) is 17.2 Å². The molecule has 6 atom stereocenters. The van der Waals surface area contributed by atoms with Crippen molar-refractivity contribution in [1.82, 2.24) is 0 Å². The van der Waals surface area contributed by atoms with Crippen LogP contribution in [0.5, 0.6) is 17.2 Å². The molecule has 1 aromatic carbocycles. The van der Waals surface area contributed by atoms with Crippen molar-refractivity contribution < 1.29 is 52.6 Å². The largest absolute Gasteiger partial charge is 0.493 e. The normalized spacial score (nSPS) is 24.2. The minimum absolute atomic E-state index is 0.0268. The van der Waals surface area contributed by atoms with E-state index in [2.05, 4.69) is 0 Å². The molecule has 11 nitrogen and oxygen atoms in total. The average molecular weight is 523 g/mol. The Morgan fingerprint density at radius 2 is 1.84 bits per heavy atom. The number of hydrogen-bond acceptors (Lipinski definition) is 11. The number of carbonyl (C=O) groups is 3. The van der Waals surface area contributed by atoms with Gasteiger partial charge in [0.05, 0.1) is 13.2 Å². The average Bonchev–Trinajstić information content (AvgIpc) is 3.24. The fourth-order valence-electron chi connectivity index (χ4n) is 3.53. The summed E-state index contributed by atoms with van der Waals surface area (Å²) < 4.78 is 38.2. The SMILES string of the molecule is CC=C(C)C(=O)O[C@@H](C)[C@](C)(O)C(=O)O[C@@H](c1cc(OC)c2c(c1)OCO2)[C@@H](C)OC(=O)[C@]1(C)O[C@@H]1C. The second-order valence-corrected chi connectivity index (χ2v) is 9.43. The number of hydrogen-bond donors (Lipinski definition) is 1. The molecule has 0 unspecified atom stereocenters. The second-order valence-electron chi connectivity index (χ2n) is 9.43. The summed E-state index contributed by atoms with van der Waals surface area (Å²) in [6, 6.07) is 3.13. The first kappa shape index (κ1) is 28.3. The number of rotatable bonds is 10. The second kappa shape index (κ2) is 10.6. The summed E-state index contributed by atoms with van der Waals surface area (Å²) in [6.45, 7) is 10.6. The third kappa shape index (κ3) is 5.67. The maximum absolute atomic E-state index is 13.2. The summed E-state index contributed by atoms with van der Waals surface area (Å²) in [6.07, 6.45) is -2.26. The standard InChI is InChI=1S/C26H34O11/c1-9-13(2)22(27)35-15(4)25(6,30)23(28)36-20(14(3)34-24(29)26(7)16(5)37-26)17-10-18(31-8)21-19(11-17)32-12-33-21/h9-11,14-16,20,30H,12H2,1-8H3/t14-,15+,16-,20-,25+,26-/m1/s1. The molecule has 204 valence electrons. The minimum atomic E-state index is -2.23. The van der Waals surface area contributed by atoms with Crippen LogP contribution in [0.3, 0.4) is 0 Å². The third-order valence-electron chi connectivity index (χ3n) is 6.75. The summed E-state index contributed by atoms with van der Waals surface area (Å²) in [5.41, 5.74) is -2.66. The van der Waals surface area contributed by atoms with Crippen molar-refractivity contribution in [1.29, 1.82) is 0 Å². The van der Waals surface area contributed by atoms with E-state index in [1.165, 1.54) is 27.9 Å². The van der Waals surface area contributed by atoms with Crippen LogP contribution in [0.1, 0.15) is 60.1 Å². The van der Waals surface area contributed by atoms with Crippen LogP contribution in [0.15, 0.2) is 23.8 Å². The van der Waals surface area contributed by atoms with Crippen LogP contribution in [-0.2, 0) is 33.3 Å². The Hall–Kier alpha value is -3.31. The van der Waals surface area contributed by atoms with Crippen LogP contribution in [0.2, 0.25) is 0 Å². The summed E-state index contributed by atoms with van der Waals surface area (Å²) >= 11 is 0. The monoisotopic (exact) mass is 522 g/mol. The number of methoxy groups -OCH3 is 1. The Bertz CT molecular complexity index is 1090. The minimum Gasteiger partial charge on any atom is -0.493 e. The Morgan fingerprint density at radius 3 is 2.41 bits per heavy atom. The van der Waals surface area contributed by atoms with Gasteiger partial charge in [0, 0.05) is 11.1 Å². The Morgan fingerprint density at radius 1 is 1.19 bits per heavy atom. The molecule has 1 aromatic rings. The van der Waals surface area contributed by atoms with Crippen molar-refractivity contribution >= 4 is 17.9 Å². The highest BCUT2D eigenvalue weighted by atomic mass is 16.7. The molecule has 0 radical (unpaired) electrons. The molecular weight excluding hydrogens is 488 g/mol. The molecule has 0 aliphatic carbocycles. The van der Waals surface area contributed by atoms with Gasteiger partial charge in [-0.05, 0) is 60.6 Å². The number of fused-ring (bicyclic) bond motifs is 1. The van der Waals surface area contributed by atoms with Crippen molar-refractivity contribution in [3.05, 3.63) is 29.3 Å². The molecule has 0 amide bonds. The lowest BCUT2D eigenvalue weighted by Crippen LogP contribution is -2.49. The summed E-state index contributed by atoms with van der Waals surface area (Å²) in [4.78, 5) is 38.1. The molecule has 3 rings (SSSR count). The van der Waals surface area contributed by atoms with Crippen LogP contribution in [0.25, 0.3) is 0 Å². The summed E-state index contributed by atoms with van der Waals surface area (Å²) in [7, 11) is 1.44. The molecule has 1 saturated heterocycles. The van der Waals surface area contributed by atoms with Crippen LogP contribution in [0, 0.1) is 0 Å². The van der Waals surface area contributed by atoms with E-state index in [1.807, 2.05) is 0 Å². The zero-order valence-corrected chi connectivity index (χ0v) is 22.3.